The van der Waals surface area contributed by atoms with Gasteiger partial charge in [-0.2, -0.15) is 5.10 Å². The summed E-state index contributed by atoms with van der Waals surface area (Å²) in [5.41, 5.74) is 5.38. The molecule has 5 heteroatoms. The van der Waals surface area contributed by atoms with Crippen molar-refractivity contribution in [3.63, 3.8) is 0 Å². The van der Waals surface area contributed by atoms with E-state index in [1.54, 1.807) is 18.2 Å². The van der Waals surface area contributed by atoms with E-state index >= 15 is 0 Å². The smallest absolute Gasteiger partial charge is 0.0762 e. The first-order valence-electron chi connectivity index (χ1n) is 5.57. The molecule has 0 aliphatic carbocycles. The molecule has 0 saturated carbocycles. The molecule has 0 amide bonds. The molecule has 0 bridgehead atoms. The first-order valence-corrected chi connectivity index (χ1v) is 6.71. The molecule has 0 aromatic heterocycles. The van der Waals surface area contributed by atoms with Crippen LogP contribution < -0.4 is 5.43 Å². The maximum atomic E-state index is 6.04. The highest BCUT2D eigenvalue weighted by Crippen LogP contribution is 2.25. The SMILES string of the molecule is C/C(=N/Nc1cc(Cl)ccc1Cl)c1ccc(Cl)cc1. The lowest BCUT2D eigenvalue weighted by molar-refractivity contribution is 1.32. The van der Waals surface area contributed by atoms with Crippen LogP contribution in [0, 0.1) is 0 Å². The standard InChI is InChI=1S/C14H11Cl3N2/c1-9(10-2-4-11(15)5-3-10)18-19-14-8-12(16)6-7-13(14)17/h2-8,19H,1H3/b18-9-. The van der Waals surface area contributed by atoms with Crippen LogP contribution in [-0.4, -0.2) is 5.71 Å². The monoisotopic (exact) mass is 312 g/mol. The Morgan fingerprint density at radius 3 is 2.26 bits per heavy atom. The Balaban J connectivity index is 2.18. The van der Waals surface area contributed by atoms with Crippen LogP contribution in [0.1, 0.15) is 12.5 Å². The molecule has 2 aromatic rings. The summed E-state index contributed by atoms with van der Waals surface area (Å²) in [4.78, 5) is 0. The van der Waals surface area contributed by atoms with Gasteiger partial charge in [-0.25, -0.2) is 0 Å². The zero-order valence-electron chi connectivity index (χ0n) is 10.1. The Morgan fingerprint density at radius 2 is 1.58 bits per heavy atom. The van der Waals surface area contributed by atoms with E-state index in [2.05, 4.69) is 10.5 Å². The molecule has 19 heavy (non-hydrogen) atoms. The van der Waals surface area contributed by atoms with Crippen LogP contribution in [0.5, 0.6) is 0 Å². The minimum atomic E-state index is 0.567. The number of rotatable bonds is 3. The van der Waals surface area contributed by atoms with Crippen molar-refractivity contribution in [2.45, 2.75) is 6.92 Å². The molecule has 0 saturated heterocycles. The summed E-state index contributed by atoms with van der Waals surface area (Å²) >= 11 is 17.8. The fraction of sp³-hybridized carbons (Fsp3) is 0.0714. The molecule has 2 aromatic carbocycles. The molecule has 0 aliphatic rings. The predicted molar refractivity (Wildman–Crippen MR) is 83.7 cm³/mol. The number of nitrogens with one attached hydrogen (secondary N) is 1. The van der Waals surface area contributed by atoms with Gasteiger partial charge in [-0.1, -0.05) is 46.9 Å². The van der Waals surface area contributed by atoms with E-state index in [-0.39, 0.29) is 0 Å². The second kappa shape index (κ2) is 6.29. The van der Waals surface area contributed by atoms with Gasteiger partial charge in [0.05, 0.1) is 16.4 Å². The molecule has 0 atom stereocenters. The lowest BCUT2D eigenvalue weighted by Crippen LogP contribution is -1.99. The van der Waals surface area contributed by atoms with E-state index in [0.717, 1.165) is 11.3 Å². The Labute approximate surface area is 127 Å². The molecular formula is C14H11Cl3N2. The maximum Gasteiger partial charge on any atom is 0.0762 e. The Hall–Kier alpha value is -1.22. The summed E-state index contributed by atoms with van der Waals surface area (Å²) < 4.78 is 0. The van der Waals surface area contributed by atoms with Crippen molar-refractivity contribution < 1.29 is 0 Å². The fourth-order valence-corrected chi connectivity index (χ4v) is 1.94. The third kappa shape index (κ3) is 3.87. The summed E-state index contributed by atoms with van der Waals surface area (Å²) in [6, 6.07) is 12.6. The second-order valence-corrected chi connectivity index (χ2v) is 5.22. The lowest BCUT2D eigenvalue weighted by atomic mass is 10.1. The molecular weight excluding hydrogens is 303 g/mol. The van der Waals surface area contributed by atoms with Crippen LogP contribution >= 0.6 is 34.8 Å². The molecule has 1 N–H and O–H groups in total. The molecule has 2 nitrogen and oxygen atoms in total. The van der Waals surface area contributed by atoms with Gasteiger partial charge in [0, 0.05) is 10.0 Å². The fourth-order valence-electron chi connectivity index (χ4n) is 1.48. The van der Waals surface area contributed by atoms with E-state index in [4.69, 9.17) is 34.8 Å². The molecule has 0 radical (unpaired) electrons. The number of hydrogen-bond donors (Lipinski definition) is 1. The van der Waals surface area contributed by atoms with Crippen LogP contribution in [0.15, 0.2) is 47.6 Å². The number of nitrogens with zero attached hydrogens (tertiary/aromatic N) is 1. The zero-order chi connectivity index (χ0) is 13.8. The Bertz CT molecular complexity index is 607. The van der Waals surface area contributed by atoms with E-state index in [1.807, 2.05) is 31.2 Å². The number of benzene rings is 2. The molecule has 0 aliphatic heterocycles. The summed E-state index contributed by atoms with van der Waals surface area (Å²) in [6.07, 6.45) is 0. The summed E-state index contributed by atoms with van der Waals surface area (Å²) in [7, 11) is 0. The summed E-state index contributed by atoms with van der Waals surface area (Å²) in [5.74, 6) is 0. The van der Waals surface area contributed by atoms with Crippen LogP contribution in [0.2, 0.25) is 15.1 Å². The Morgan fingerprint density at radius 1 is 0.947 bits per heavy atom. The molecule has 0 fully saturated rings. The van der Waals surface area contributed by atoms with Gasteiger partial charge >= 0.3 is 0 Å². The third-order valence-corrected chi connectivity index (χ3v) is 3.35. The first kappa shape index (κ1) is 14.2. The van der Waals surface area contributed by atoms with Gasteiger partial charge in [0.1, 0.15) is 0 Å². The van der Waals surface area contributed by atoms with Crippen molar-refractivity contribution in [3.05, 3.63) is 63.1 Å². The largest absolute Gasteiger partial charge is 0.277 e. The average molecular weight is 314 g/mol. The topological polar surface area (TPSA) is 24.4 Å². The van der Waals surface area contributed by atoms with Gasteiger partial charge in [-0.3, -0.25) is 5.43 Å². The van der Waals surface area contributed by atoms with Crippen LogP contribution in [0.25, 0.3) is 0 Å². The van der Waals surface area contributed by atoms with Gasteiger partial charge in [0.25, 0.3) is 0 Å². The van der Waals surface area contributed by atoms with Gasteiger partial charge < -0.3 is 0 Å². The molecule has 0 heterocycles. The highest BCUT2D eigenvalue weighted by Gasteiger charge is 2.01. The molecule has 0 spiro atoms. The van der Waals surface area contributed by atoms with Crippen LogP contribution in [0.3, 0.4) is 0 Å². The normalized spacial score (nSPS) is 11.5. The maximum absolute atomic E-state index is 6.04. The van der Waals surface area contributed by atoms with E-state index < -0.39 is 0 Å². The van der Waals surface area contributed by atoms with Crippen molar-refractivity contribution in [1.82, 2.24) is 0 Å². The van der Waals surface area contributed by atoms with Gasteiger partial charge in [-0.05, 0) is 42.8 Å². The second-order valence-electron chi connectivity index (χ2n) is 3.94. The van der Waals surface area contributed by atoms with E-state index in [0.29, 0.717) is 20.8 Å². The van der Waals surface area contributed by atoms with Crippen LogP contribution in [0.4, 0.5) is 5.69 Å². The van der Waals surface area contributed by atoms with Crippen molar-refractivity contribution >= 4 is 46.2 Å². The number of hydrazone groups is 1. The number of hydrogen-bond acceptors (Lipinski definition) is 2. The zero-order valence-corrected chi connectivity index (χ0v) is 12.4. The highest BCUT2D eigenvalue weighted by molar-refractivity contribution is 6.35. The van der Waals surface area contributed by atoms with Gasteiger partial charge in [0.2, 0.25) is 0 Å². The summed E-state index contributed by atoms with van der Waals surface area (Å²) in [5, 5.41) is 6.14. The van der Waals surface area contributed by atoms with Gasteiger partial charge in [-0.15, -0.1) is 0 Å². The van der Waals surface area contributed by atoms with Crippen molar-refractivity contribution in [2.24, 2.45) is 5.10 Å². The van der Waals surface area contributed by atoms with Crippen LogP contribution in [-0.2, 0) is 0 Å². The van der Waals surface area contributed by atoms with Crippen molar-refractivity contribution in [1.29, 1.82) is 0 Å². The molecule has 98 valence electrons. The minimum Gasteiger partial charge on any atom is -0.277 e. The Kier molecular flexibility index (Phi) is 4.70. The first-order chi connectivity index (χ1) is 9.06. The van der Waals surface area contributed by atoms with Crippen molar-refractivity contribution in [3.8, 4) is 0 Å². The van der Waals surface area contributed by atoms with E-state index in [1.165, 1.54) is 0 Å². The van der Waals surface area contributed by atoms with Gasteiger partial charge in [0.15, 0.2) is 0 Å². The van der Waals surface area contributed by atoms with Crippen molar-refractivity contribution in [2.75, 3.05) is 5.43 Å². The minimum absolute atomic E-state index is 0.567. The van der Waals surface area contributed by atoms with E-state index in [9.17, 15) is 0 Å². The number of halogens is 3. The average Bonchev–Trinajstić information content (AvgIpc) is 2.40. The quantitative estimate of drug-likeness (QED) is 0.588. The predicted octanol–water partition coefficient (Wildman–Crippen LogP) is 5.48. The third-order valence-electron chi connectivity index (χ3n) is 2.53. The lowest BCUT2D eigenvalue weighted by Gasteiger charge is -2.06. The number of anilines is 1. The molecule has 0 unspecified atom stereocenters. The highest BCUT2D eigenvalue weighted by atomic mass is 35.5. The summed E-state index contributed by atoms with van der Waals surface area (Å²) in [6.45, 7) is 1.90. The molecule has 2 rings (SSSR count).